The van der Waals surface area contributed by atoms with Crippen molar-refractivity contribution < 1.29 is 19.2 Å². The topological polar surface area (TPSA) is 102 Å². The zero-order chi connectivity index (χ0) is 22.8. The highest BCUT2D eigenvalue weighted by Crippen LogP contribution is 2.43. The lowest BCUT2D eigenvalue weighted by atomic mass is 9.76. The van der Waals surface area contributed by atoms with E-state index in [1.165, 1.54) is 6.07 Å². The average Bonchev–Trinajstić information content (AvgIpc) is 3.03. The summed E-state index contributed by atoms with van der Waals surface area (Å²) in [6.45, 7) is 2.59. The monoisotopic (exact) mass is 437 g/mol. The number of ether oxygens (including phenoxy) is 1. The third-order valence-electron chi connectivity index (χ3n) is 6.51. The summed E-state index contributed by atoms with van der Waals surface area (Å²) in [6, 6.07) is 12.1. The molecule has 1 aliphatic heterocycles. The second-order valence-electron chi connectivity index (χ2n) is 8.63. The van der Waals surface area contributed by atoms with Crippen LogP contribution in [-0.4, -0.2) is 30.4 Å². The number of carbonyl (C=O) groups is 2. The van der Waals surface area contributed by atoms with E-state index in [1.807, 2.05) is 24.3 Å². The van der Waals surface area contributed by atoms with Crippen molar-refractivity contribution in [3.05, 3.63) is 58.1 Å². The van der Waals surface area contributed by atoms with Gasteiger partial charge in [0.2, 0.25) is 11.8 Å². The zero-order valence-corrected chi connectivity index (χ0v) is 18.2. The first-order chi connectivity index (χ1) is 15.4. The molecule has 3 atom stereocenters. The van der Waals surface area contributed by atoms with Crippen LogP contribution in [0, 0.1) is 27.9 Å². The lowest BCUT2D eigenvalue weighted by molar-refractivity contribution is -0.383. The Hall–Kier alpha value is -3.42. The van der Waals surface area contributed by atoms with E-state index < -0.39 is 4.92 Å². The lowest BCUT2D eigenvalue weighted by Gasteiger charge is -2.25. The van der Waals surface area contributed by atoms with Gasteiger partial charge in [0.25, 0.3) is 5.69 Å². The van der Waals surface area contributed by atoms with Crippen molar-refractivity contribution in [3.63, 3.8) is 0 Å². The van der Waals surface area contributed by atoms with E-state index in [-0.39, 0.29) is 35.0 Å². The molecule has 2 fully saturated rings. The molecule has 2 aromatic carbocycles. The molecular formula is C24H27N3O5. The molecule has 1 heterocycles. The fraction of sp³-hybridized carbons (Fsp3) is 0.417. The van der Waals surface area contributed by atoms with Crippen LogP contribution in [0.15, 0.2) is 42.5 Å². The molecule has 1 saturated carbocycles. The van der Waals surface area contributed by atoms with Gasteiger partial charge < -0.3 is 10.1 Å². The number of amides is 2. The maximum atomic E-state index is 12.9. The van der Waals surface area contributed by atoms with E-state index in [0.717, 1.165) is 22.6 Å². The van der Waals surface area contributed by atoms with Crippen molar-refractivity contribution in [2.45, 2.75) is 32.6 Å². The van der Waals surface area contributed by atoms with Crippen LogP contribution in [0.1, 0.15) is 31.7 Å². The number of carbonyl (C=O) groups excluding carboxylic acids is 2. The summed E-state index contributed by atoms with van der Waals surface area (Å²) in [5, 5.41) is 14.8. The van der Waals surface area contributed by atoms with E-state index in [9.17, 15) is 19.7 Å². The van der Waals surface area contributed by atoms with Crippen molar-refractivity contribution in [1.82, 2.24) is 0 Å². The number of nitrogens with zero attached hydrogens (tertiary/aromatic N) is 2. The Morgan fingerprint density at radius 3 is 2.50 bits per heavy atom. The number of nitrogens with one attached hydrogen (secondary N) is 1. The lowest BCUT2D eigenvalue weighted by Crippen LogP contribution is -2.31. The molecular weight excluding hydrogens is 410 g/mol. The van der Waals surface area contributed by atoms with Gasteiger partial charge in [0.15, 0.2) is 0 Å². The highest BCUT2D eigenvalue weighted by atomic mass is 16.6. The normalized spacial score (nSPS) is 22.6. The molecule has 2 aromatic rings. The fourth-order valence-electron chi connectivity index (χ4n) is 4.74. The molecule has 8 heteroatoms. The molecule has 4 rings (SSSR count). The summed E-state index contributed by atoms with van der Waals surface area (Å²) in [5.41, 5.74) is 1.55. The van der Waals surface area contributed by atoms with Crippen LogP contribution in [0.2, 0.25) is 0 Å². The fourth-order valence-corrected chi connectivity index (χ4v) is 4.74. The van der Waals surface area contributed by atoms with Crippen molar-refractivity contribution >= 4 is 28.9 Å². The Balaban J connectivity index is 1.49. The van der Waals surface area contributed by atoms with Gasteiger partial charge in [-0.1, -0.05) is 19.1 Å². The van der Waals surface area contributed by atoms with Crippen molar-refractivity contribution in [2.75, 3.05) is 23.9 Å². The standard InChI is InChI=1S/C24H27N3O5/c1-15-3-9-19-20(13-15)24(29)26(23(19)28)17-6-10-21(22(14-17)27(30)31)25-12-11-16-4-7-18(32-2)8-5-16/h4-8,10,14-15,19-20,25H,3,9,11-13H2,1-2H3. The quantitative estimate of drug-likeness (QED) is 0.396. The Morgan fingerprint density at radius 1 is 1.09 bits per heavy atom. The summed E-state index contributed by atoms with van der Waals surface area (Å²) in [7, 11) is 1.61. The Morgan fingerprint density at radius 2 is 1.81 bits per heavy atom. The number of rotatable bonds is 7. The zero-order valence-electron chi connectivity index (χ0n) is 18.2. The number of methoxy groups -OCH3 is 1. The molecule has 3 unspecified atom stereocenters. The number of hydrogen-bond acceptors (Lipinski definition) is 6. The Labute approximate surface area is 186 Å². The molecule has 8 nitrogen and oxygen atoms in total. The van der Waals surface area contributed by atoms with Crippen molar-refractivity contribution in [2.24, 2.45) is 17.8 Å². The molecule has 1 N–H and O–H groups in total. The van der Waals surface area contributed by atoms with Gasteiger partial charge >= 0.3 is 0 Å². The number of hydrogen-bond donors (Lipinski definition) is 1. The largest absolute Gasteiger partial charge is 0.497 e. The van der Waals surface area contributed by atoms with Gasteiger partial charge in [-0.3, -0.25) is 19.7 Å². The molecule has 32 heavy (non-hydrogen) atoms. The number of benzene rings is 2. The minimum absolute atomic E-state index is 0.152. The second-order valence-corrected chi connectivity index (χ2v) is 8.63. The van der Waals surface area contributed by atoms with Gasteiger partial charge in [-0.15, -0.1) is 0 Å². The molecule has 168 valence electrons. The highest BCUT2D eigenvalue weighted by Gasteiger charge is 2.50. The summed E-state index contributed by atoms with van der Waals surface area (Å²) >= 11 is 0. The molecule has 0 aromatic heterocycles. The number of fused-ring (bicyclic) bond motifs is 1. The van der Waals surface area contributed by atoms with Gasteiger partial charge in [0.05, 0.1) is 29.6 Å². The third-order valence-corrected chi connectivity index (χ3v) is 6.51. The van der Waals surface area contributed by atoms with Crippen LogP contribution in [-0.2, 0) is 16.0 Å². The van der Waals surface area contributed by atoms with Gasteiger partial charge in [-0.2, -0.15) is 0 Å². The summed E-state index contributed by atoms with van der Waals surface area (Å²) in [6.07, 6.45) is 2.98. The predicted molar refractivity (Wildman–Crippen MR) is 121 cm³/mol. The number of nitro groups is 1. The van der Waals surface area contributed by atoms with E-state index in [2.05, 4.69) is 12.2 Å². The Bertz CT molecular complexity index is 1040. The van der Waals surface area contributed by atoms with Crippen LogP contribution < -0.4 is 15.0 Å². The minimum Gasteiger partial charge on any atom is -0.497 e. The maximum Gasteiger partial charge on any atom is 0.294 e. The molecule has 0 spiro atoms. The number of imide groups is 1. The average molecular weight is 437 g/mol. The van der Waals surface area contributed by atoms with Gasteiger partial charge in [-0.05, 0) is 61.4 Å². The van der Waals surface area contributed by atoms with Gasteiger partial charge in [0, 0.05) is 12.6 Å². The van der Waals surface area contributed by atoms with Crippen LogP contribution in [0.3, 0.4) is 0 Å². The van der Waals surface area contributed by atoms with Crippen LogP contribution in [0.4, 0.5) is 17.1 Å². The van der Waals surface area contributed by atoms with Gasteiger partial charge in [-0.25, -0.2) is 4.90 Å². The summed E-state index contributed by atoms with van der Waals surface area (Å²) < 4.78 is 5.15. The maximum absolute atomic E-state index is 12.9. The van der Waals surface area contributed by atoms with E-state index in [0.29, 0.717) is 37.4 Å². The van der Waals surface area contributed by atoms with E-state index in [4.69, 9.17) is 4.74 Å². The van der Waals surface area contributed by atoms with Crippen LogP contribution in [0.5, 0.6) is 5.75 Å². The first-order valence-electron chi connectivity index (χ1n) is 10.9. The van der Waals surface area contributed by atoms with Crippen LogP contribution in [0.25, 0.3) is 0 Å². The number of anilines is 2. The van der Waals surface area contributed by atoms with E-state index in [1.54, 1.807) is 19.2 Å². The summed E-state index contributed by atoms with van der Waals surface area (Å²) in [5.74, 6) is 0.0861. The molecule has 0 bridgehead atoms. The van der Waals surface area contributed by atoms with E-state index >= 15 is 0 Å². The molecule has 2 aliphatic rings. The van der Waals surface area contributed by atoms with Crippen molar-refractivity contribution in [1.29, 1.82) is 0 Å². The van der Waals surface area contributed by atoms with Crippen LogP contribution >= 0.6 is 0 Å². The van der Waals surface area contributed by atoms with Crippen molar-refractivity contribution in [3.8, 4) is 5.75 Å². The minimum atomic E-state index is -0.487. The SMILES string of the molecule is COc1ccc(CCNc2ccc(N3C(=O)C4CCC(C)CC4C3=O)cc2[N+](=O)[O-])cc1. The Kier molecular flexibility index (Phi) is 6.12. The number of nitro benzene ring substituents is 1. The predicted octanol–water partition coefficient (Wildman–Crippen LogP) is 4.18. The first-order valence-corrected chi connectivity index (χ1v) is 10.9. The third kappa shape index (κ3) is 4.17. The molecule has 0 radical (unpaired) electrons. The second kappa shape index (κ2) is 8.98. The first kappa shape index (κ1) is 21.8. The van der Waals surface area contributed by atoms with Gasteiger partial charge in [0.1, 0.15) is 11.4 Å². The molecule has 2 amide bonds. The molecule has 1 aliphatic carbocycles. The smallest absolute Gasteiger partial charge is 0.294 e. The summed E-state index contributed by atoms with van der Waals surface area (Å²) in [4.78, 5) is 38.2. The highest BCUT2D eigenvalue weighted by molar-refractivity contribution is 6.22. The molecule has 1 saturated heterocycles.